The number of nitrogens with zero attached hydrogens (tertiary/aromatic N) is 3. The Hall–Kier alpha value is -1.62. The topological polar surface area (TPSA) is 69.9 Å². The van der Waals surface area contributed by atoms with Crippen LogP contribution in [0, 0.1) is 13.8 Å². The molecule has 0 radical (unpaired) electrons. The van der Waals surface area contributed by atoms with E-state index in [1.807, 2.05) is 27.0 Å². The summed E-state index contributed by atoms with van der Waals surface area (Å²) in [5, 5.41) is 4.02. The van der Waals surface area contributed by atoms with Gasteiger partial charge in [-0.15, -0.1) is 0 Å². The molecule has 0 aliphatic carbocycles. The van der Waals surface area contributed by atoms with Crippen LogP contribution < -0.4 is 5.73 Å². The van der Waals surface area contributed by atoms with Crippen LogP contribution in [0.5, 0.6) is 0 Å². The largest absolute Gasteiger partial charge is 0.466 e. The SMILES string of the molecule is Cc1cc(C(N)Cc2ncnn2C)c(C)o1. The summed E-state index contributed by atoms with van der Waals surface area (Å²) in [6, 6.07) is 1.89. The lowest BCUT2D eigenvalue weighted by atomic mass is 10.1. The first-order valence-corrected chi connectivity index (χ1v) is 5.23. The molecule has 86 valence electrons. The minimum Gasteiger partial charge on any atom is -0.466 e. The summed E-state index contributed by atoms with van der Waals surface area (Å²) >= 11 is 0. The van der Waals surface area contributed by atoms with Crippen molar-refractivity contribution in [1.29, 1.82) is 0 Å². The molecule has 1 atom stereocenters. The van der Waals surface area contributed by atoms with E-state index < -0.39 is 0 Å². The number of hydrogen-bond donors (Lipinski definition) is 1. The van der Waals surface area contributed by atoms with Crippen molar-refractivity contribution in [3.63, 3.8) is 0 Å². The first-order valence-electron chi connectivity index (χ1n) is 5.23. The van der Waals surface area contributed by atoms with Gasteiger partial charge in [-0.05, 0) is 19.9 Å². The highest BCUT2D eigenvalue weighted by molar-refractivity contribution is 5.24. The molecule has 0 amide bonds. The maximum Gasteiger partial charge on any atom is 0.138 e. The molecule has 2 N–H and O–H groups in total. The molecule has 0 aromatic carbocycles. The first kappa shape index (κ1) is 10.9. The number of furan rings is 1. The summed E-state index contributed by atoms with van der Waals surface area (Å²) in [5.74, 6) is 2.65. The molecule has 0 aliphatic heterocycles. The van der Waals surface area contributed by atoms with Crippen molar-refractivity contribution in [2.45, 2.75) is 26.3 Å². The van der Waals surface area contributed by atoms with Gasteiger partial charge in [0.2, 0.25) is 0 Å². The van der Waals surface area contributed by atoms with E-state index in [0.717, 1.165) is 22.9 Å². The lowest BCUT2D eigenvalue weighted by Gasteiger charge is -2.09. The van der Waals surface area contributed by atoms with Crippen LogP contribution in [0.15, 0.2) is 16.8 Å². The maximum atomic E-state index is 6.13. The monoisotopic (exact) mass is 220 g/mol. The van der Waals surface area contributed by atoms with Crippen molar-refractivity contribution in [3.8, 4) is 0 Å². The second-order valence-electron chi connectivity index (χ2n) is 3.98. The van der Waals surface area contributed by atoms with Crippen LogP contribution in [-0.4, -0.2) is 14.8 Å². The van der Waals surface area contributed by atoms with Crippen LogP contribution in [0.2, 0.25) is 0 Å². The van der Waals surface area contributed by atoms with Gasteiger partial charge in [0.15, 0.2) is 0 Å². The molecule has 0 bridgehead atoms. The van der Waals surface area contributed by atoms with Crippen molar-refractivity contribution in [2.75, 3.05) is 0 Å². The highest BCUT2D eigenvalue weighted by atomic mass is 16.3. The summed E-state index contributed by atoms with van der Waals surface area (Å²) in [6.45, 7) is 3.85. The van der Waals surface area contributed by atoms with Crippen molar-refractivity contribution < 1.29 is 4.42 Å². The Balaban J connectivity index is 2.17. The average Bonchev–Trinajstić information content (AvgIpc) is 2.74. The average molecular weight is 220 g/mol. The van der Waals surface area contributed by atoms with Gasteiger partial charge in [-0.3, -0.25) is 4.68 Å². The molecule has 2 rings (SSSR count). The Morgan fingerprint density at radius 1 is 1.50 bits per heavy atom. The van der Waals surface area contributed by atoms with Gasteiger partial charge >= 0.3 is 0 Å². The highest BCUT2D eigenvalue weighted by Gasteiger charge is 2.15. The number of aryl methyl sites for hydroxylation is 3. The van der Waals surface area contributed by atoms with Crippen molar-refractivity contribution in [2.24, 2.45) is 12.8 Å². The minimum atomic E-state index is -0.0969. The lowest BCUT2D eigenvalue weighted by Crippen LogP contribution is -2.16. The van der Waals surface area contributed by atoms with E-state index >= 15 is 0 Å². The fourth-order valence-corrected chi connectivity index (χ4v) is 1.83. The summed E-state index contributed by atoms with van der Waals surface area (Å²) in [5.41, 5.74) is 7.17. The van der Waals surface area contributed by atoms with Gasteiger partial charge in [0.05, 0.1) is 0 Å². The van der Waals surface area contributed by atoms with Gasteiger partial charge in [-0.1, -0.05) is 0 Å². The third-order valence-electron chi connectivity index (χ3n) is 2.69. The Labute approximate surface area is 94.3 Å². The Bertz CT molecular complexity index is 486. The molecule has 1 unspecified atom stereocenters. The molecule has 16 heavy (non-hydrogen) atoms. The van der Waals surface area contributed by atoms with E-state index in [4.69, 9.17) is 10.2 Å². The molecule has 2 aromatic heterocycles. The normalized spacial score (nSPS) is 13.0. The molecule has 2 aromatic rings. The standard InChI is InChI=1S/C11H16N4O/c1-7-4-9(8(2)16-7)10(12)5-11-13-6-14-15(11)3/h4,6,10H,5,12H2,1-3H3. The van der Waals surface area contributed by atoms with E-state index in [1.54, 1.807) is 4.68 Å². The van der Waals surface area contributed by atoms with Gasteiger partial charge < -0.3 is 10.2 Å². The third kappa shape index (κ3) is 1.99. The molecule has 0 spiro atoms. The van der Waals surface area contributed by atoms with Gasteiger partial charge in [0, 0.05) is 25.1 Å². The van der Waals surface area contributed by atoms with Gasteiger partial charge in [0.25, 0.3) is 0 Å². The number of aromatic nitrogens is 3. The van der Waals surface area contributed by atoms with Crippen LogP contribution in [-0.2, 0) is 13.5 Å². The van der Waals surface area contributed by atoms with Crippen LogP contribution in [0.25, 0.3) is 0 Å². The third-order valence-corrected chi connectivity index (χ3v) is 2.69. The zero-order chi connectivity index (χ0) is 11.7. The van der Waals surface area contributed by atoms with Gasteiger partial charge in [0.1, 0.15) is 23.7 Å². The lowest BCUT2D eigenvalue weighted by molar-refractivity contribution is 0.496. The van der Waals surface area contributed by atoms with Crippen molar-refractivity contribution in [1.82, 2.24) is 14.8 Å². The molecule has 0 saturated heterocycles. The maximum absolute atomic E-state index is 6.13. The zero-order valence-electron chi connectivity index (χ0n) is 9.77. The smallest absolute Gasteiger partial charge is 0.138 e. The van der Waals surface area contributed by atoms with Gasteiger partial charge in [-0.2, -0.15) is 5.10 Å². The van der Waals surface area contributed by atoms with Crippen molar-refractivity contribution >= 4 is 0 Å². The fraction of sp³-hybridized carbons (Fsp3) is 0.455. The van der Waals surface area contributed by atoms with Crippen LogP contribution in [0.3, 0.4) is 0 Å². The summed E-state index contributed by atoms with van der Waals surface area (Å²) in [4.78, 5) is 4.16. The predicted octanol–water partition coefficient (Wildman–Crippen LogP) is 1.27. The Kier molecular flexibility index (Phi) is 2.78. The first-order chi connectivity index (χ1) is 7.58. The van der Waals surface area contributed by atoms with Crippen LogP contribution >= 0.6 is 0 Å². The molecule has 5 nitrogen and oxygen atoms in total. The summed E-state index contributed by atoms with van der Waals surface area (Å²) < 4.78 is 7.20. The summed E-state index contributed by atoms with van der Waals surface area (Å²) in [6.07, 6.45) is 2.20. The number of hydrogen-bond acceptors (Lipinski definition) is 4. The van der Waals surface area contributed by atoms with Crippen LogP contribution in [0.1, 0.15) is 29.0 Å². The zero-order valence-corrected chi connectivity index (χ0v) is 9.77. The molecule has 0 aliphatic rings. The highest BCUT2D eigenvalue weighted by Crippen LogP contribution is 2.22. The second-order valence-corrected chi connectivity index (χ2v) is 3.98. The molecular formula is C11H16N4O. The minimum absolute atomic E-state index is 0.0969. The predicted molar refractivity (Wildman–Crippen MR) is 59.8 cm³/mol. The Morgan fingerprint density at radius 3 is 2.75 bits per heavy atom. The van der Waals surface area contributed by atoms with E-state index in [9.17, 15) is 0 Å². The van der Waals surface area contributed by atoms with E-state index in [-0.39, 0.29) is 6.04 Å². The molecule has 0 saturated carbocycles. The fourth-order valence-electron chi connectivity index (χ4n) is 1.83. The van der Waals surface area contributed by atoms with Crippen LogP contribution in [0.4, 0.5) is 0 Å². The molecular weight excluding hydrogens is 204 g/mol. The molecule has 0 fully saturated rings. The van der Waals surface area contributed by atoms with Gasteiger partial charge in [-0.25, -0.2) is 4.98 Å². The molecule has 5 heteroatoms. The quantitative estimate of drug-likeness (QED) is 0.845. The van der Waals surface area contributed by atoms with E-state index in [2.05, 4.69) is 10.1 Å². The second kappa shape index (κ2) is 4.09. The molecule has 2 heterocycles. The van der Waals surface area contributed by atoms with Crippen molar-refractivity contribution in [3.05, 3.63) is 35.3 Å². The van der Waals surface area contributed by atoms with E-state index in [1.165, 1.54) is 6.33 Å². The number of nitrogens with two attached hydrogens (primary N) is 1. The van der Waals surface area contributed by atoms with E-state index in [0.29, 0.717) is 6.42 Å². The Morgan fingerprint density at radius 2 is 2.25 bits per heavy atom. The summed E-state index contributed by atoms with van der Waals surface area (Å²) in [7, 11) is 1.86. The number of rotatable bonds is 3.